The van der Waals surface area contributed by atoms with Crippen LogP contribution in [0.1, 0.15) is 30.4 Å². The van der Waals surface area contributed by atoms with E-state index in [0.717, 1.165) is 37.7 Å². The molecule has 2 heterocycles. The molecule has 2 fully saturated rings. The van der Waals surface area contributed by atoms with Crippen LogP contribution in [-0.4, -0.2) is 79.7 Å². The fraction of sp³-hybridized carbons (Fsp3) is 0.556. The van der Waals surface area contributed by atoms with Crippen LogP contribution in [0.3, 0.4) is 0 Å². The van der Waals surface area contributed by atoms with Crippen LogP contribution in [0.5, 0.6) is 11.5 Å². The first-order valence-electron chi connectivity index (χ1n) is 12.2. The van der Waals surface area contributed by atoms with Crippen LogP contribution in [0, 0.1) is 6.92 Å². The summed E-state index contributed by atoms with van der Waals surface area (Å²) in [6.45, 7) is 9.30. The van der Waals surface area contributed by atoms with E-state index >= 15 is 0 Å². The number of piperidine rings is 1. The lowest BCUT2D eigenvalue weighted by molar-refractivity contribution is -0.0646. The lowest BCUT2D eigenvalue weighted by Gasteiger charge is -2.30. The Labute approximate surface area is 198 Å². The molecule has 1 N–H and O–H groups in total. The van der Waals surface area contributed by atoms with Crippen molar-refractivity contribution in [1.29, 1.82) is 0 Å². The molecule has 0 spiro atoms. The fourth-order valence-corrected chi connectivity index (χ4v) is 4.50. The Morgan fingerprint density at radius 1 is 0.879 bits per heavy atom. The molecule has 0 bridgehead atoms. The van der Waals surface area contributed by atoms with Gasteiger partial charge >= 0.3 is 0 Å². The summed E-state index contributed by atoms with van der Waals surface area (Å²) in [6.07, 6.45) is 3.98. The molecule has 6 nitrogen and oxygen atoms in total. The number of β-amino-alcohol motifs (C(OH)–C–C–N with tert-alkyl or cyclic N) is 1. The van der Waals surface area contributed by atoms with E-state index in [1.54, 1.807) is 0 Å². The second-order valence-electron chi connectivity index (χ2n) is 9.48. The molecule has 1 atom stereocenters. The molecule has 2 saturated heterocycles. The van der Waals surface area contributed by atoms with E-state index in [4.69, 9.17) is 14.2 Å². The molecule has 6 heteroatoms. The van der Waals surface area contributed by atoms with E-state index in [2.05, 4.69) is 21.9 Å². The lowest BCUT2D eigenvalue weighted by Crippen LogP contribution is -2.48. The zero-order valence-electron chi connectivity index (χ0n) is 19.9. The van der Waals surface area contributed by atoms with Gasteiger partial charge in [-0.25, -0.2) is 0 Å². The molecule has 0 aromatic heterocycles. The summed E-state index contributed by atoms with van der Waals surface area (Å²) in [6, 6.07) is 16.2. The molecule has 4 rings (SSSR count). The van der Waals surface area contributed by atoms with Crippen LogP contribution < -0.4 is 9.47 Å². The van der Waals surface area contributed by atoms with Crippen molar-refractivity contribution in [3.05, 3.63) is 59.7 Å². The van der Waals surface area contributed by atoms with Gasteiger partial charge in [-0.2, -0.15) is 0 Å². The van der Waals surface area contributed by atoms with E-state index in [9.17, 15) is 5.11 Å². The zero-order chi connectivity index (χ0) is 22.9. The molecule has 2 aromatic rings. The number of hydrogen-bond acceptors (Lipinski definition) is 6. The maximum atomic E-state index is 11.1. The highest BCUT2D eigenvalue weighted by Gasteiger charge is 2.33. The highest BCUT2D eigenvalue weighted by atomic mass is 16.5. The summed E-state index contributed by atoms with van der Waals surface area (Å²) in [7, 11) is 0. The number of likely N-dealkylation sites (tertiary alicyclic amines) is 1. The van der Waals surface area contributed by atoms with Crippen LogP contribution in [0.15, 0.2) is 48.5 Å². The summed E-state index contributed by atoms with van der Waals surface area (Å²) in [4.78, 5) is 4.72. The molecular weight excluding hydrogens is 416 g/mol. The Morgan fingerprint density at radius 2 is 1.58 bits per heavy atom. The van der Waals surface area contributed by atoms with E-state index in [1.807, 2.05) is 43.3 Å². The van der Waals surface area contributed by atoms with Crippen molar-refractivity contribution in [2.45, 2.75) is 38.3 Å². The topological polar surface area (TPSA) is 54.4 Å². The Balaban J connectivity index is 1.25. The normalized spacial score (nSPS) is 22.6. The van der Waals surface area contributed by atoms with Gasteiger partial charge in [-0.1, -0.05) is 36.2 Å². The number of aryl methyl sites for hydroxylation is 1. The molecule has 0 saturated carbocycles. The Hall–Kier alpha value is -2.12. The minimum atomic E-state index is -1.04. The quantitative estimate of drug-likeness (QED) is 0.626. The van der Waals surface area contributed by atoms with Crippen molar-refractivity contribution < 1.29 is 19.3 Å². The van der Waals surface area contributed by atoms with Crippen molar-refractivity contribution in [2.24, 2.45) is 0 Å². The molecule has 0 aliphatic carbocycles. The lowest BCUT2D eigenvalue weighted by atomic mass is 10.1. The summed E-state index contributed by atoms with van der Waals surface area (Å²) in [5, 5.41) is 11.1. The van der Waals surface area contributed by atoms with Gasteiger partial charge in [0.15, 0.2) is 0 Å². The first-order valence-corrected chi connectivity index (χ1v) is 12.2. The average Bonchev–Trinajstić information content (AvgIpc) is 3.02. The van der Waals surface area contributed by atoms with E-state index < -0.39 is 5.60 Å². The third kappa shape index (κ3) is 7.71. The SMILES string of the molecule is Cc1ccc(OC[C@@]2(O)COCCN(Cc3ccc(OCCN4CCCCC4)cc3)C2)cc1. The number of hydrogen-bond donors (Lipinski definition) is 1. The van der Waals surface area contributed by atoms with Crippen LogP contribution in [-0.2, 0) is 11.3 Å². The van der Waals surface area contributed by atoms with Crippen LogP contribution in [0.25, 0.3) is 0 Å². The van der Waals surface area contributed by atoms with Crippen LogP contribution >= 0.6 is 0 Å². The van der Waals surface area contributed by atoms with Crippen LogP contribution in [0.2, 0.25) is 0 Å². The fourth-order valence-electron chi connectivity index (χ4n) is 4.50. The van der Waals surface area contributed by atoms with Crippen molar-refractivity contribution in [1.82, 2.24) is 9.80 Å². The summed E-state index contributed by atoms with van der Waals surface area (Å²) < 4.78 is 17.5. The van der Waals surface area contributed by atoms with Gasteiger partial charge in [0.1, 0.15) is 30.3 Å². The van der Waals surface area contributed by atoms with Gasteiger partial charge in [0, 0.05) is 26.2 Å². The third-order valence-electron chi connectivity index (χ3n) is 6.42. The van der Waals surface area contributed by atoms with Gasteiger partial charge in [-0.05, 0) is 62.7 Å². The number of aliphatic hydroxyl groups is 1. The highest BCUT2D eigenvalue weighted by Crippen LogP contribution is 2.20. The Kier molecular flexibility index (Phi) is 8.62. The van der Waals surface area contributed by atoms with Gasteiger partial charge in [0.25, 0.3) is 0 Å². The zero-order valence-corrected chi connectivity index (χ0v) is 19.9. The molecular formula is C27H38N2O4. The third-order valence-corrected chi connectivity index (χ3v) is 6.42. The standard InChI is InChI=1S/C27H38N2O4/c1-23-5-9-26(10-6-23)33-22-27(30)20-29(15-17-31-21-27)19-24-7-11-25(12-8-24)32-18-16-28-13-3-2-4-14-28/h5-12,30H,2-4,13-22H2,1H3/t27-/m0/s1. The number of benzene rings is 2. The largest absolute Gasteiger partial charge is 0.492 e. The molecule has 0 unspecified atom stereocenters. The second-order valence-corrected chi connectivity index (χ2v) is 9.48. The summed E-state index contributed by atoms with van der Waals surface area (Å²) in [5.41, 5.74) is 1.34. The molecule has 2 aromatic carbocycles. The van der Waals surface area contributed by atoms with Crippen molar-refractivity contribution in [3.8, 4) is 11.5 Å². The minimum absolute atomic E-state index is 0.205. The van der Waals surface area contributed by atoms with E-state index in [0.29, 0.717) is 13.2 Å². The Bertz CT molecular complexity index is 836. The predicted octanol–water partition coefficient (Wildman–Crippen LogP) is 3.50. The summed E-state index contributed by atoms with van der Waals surface area (Å²) in [5.74, 6) is 1.68. The summed E-state index contributed by atoms with van der Waals surface area (Å²) >= 11 is 0. The van der Waals surface area contributed by atoms with Gasteiger partial charge in [-0.3, -0.25) is 9.80 Å². The minimum Gasteiger partial charge on any atom is -0.492 e. The predicted molar refractivity (Wildman–Crippen MR) is 130 cm³/mol. The monoisotopic (exact) mass is 454 g/mol. The number of nitrogens with zero attached hydrogens (tertiary/aromatic N) is 2. The molecule has 0 radical (unpaired) electrons. The molecule has 180 valence electrons. The maximum absolute atomic E-state index is 11.1. The first-order chi connectivity index (χ1) is 16.1. The van der Waals surface area contributed by atoms with E-state index in [-0.39, 0.29) is 13.2 Å². The van der Waals surface area contributed by atoms with Gasteiger partial charge in [0.05, 0.1) is 13.2 Å². The maximum Gasteiger partial charge on any atom is 0.134 e. The highest BCUT2D eigenvalue weighted by molar-refractivity contribution is 5.28. The first kappa shape index (κ1) is 24.0. The van der Waals surface area contributed by atoms with Crippen molar-refractivity contribution in [2.75, 3.05) is 59.2 Å². The molecule has 0 amide bonds. The number of ether oxygens (including phenoxy) is 3. The Morgan fingerprint density at radius 3 is 2.33 bits per heavy atom. The van der Waals surface area contributed by atoms with Gasteiger partial charge in [0.2, 0.25) is 0 Å². The smallest absolute Gasteiger partial charge is 0.134 e. The van der Waals surface area contributed by atoms with Gasteiger partial charge in [-0.15, -0.1) is 0 Å². The molecule has 2 aliphatic rings. The van der Waals surface area contributed by atoms with E-state index in [1.165, 1.54) is 43.5 Å². The molecule has 2 aliphatic heterocycles. The van der Waals surface area contributed by atoms with Crippen molar-refractivity contribution >= 4 is 0 Å². The van der Waals surface area contributed by atoms with Gasteiger partial charge < -0.3 is 19.3 Å². The van der Waals surface area contributed by atoms with Crippen molar-refractivity contribution in [3.63, 3.8) is 0 Å². The molecule has 33 heavy (non-hydrogen) atoms. The average molecular weight is 455 g/mol. The van der Waals surface area contributed by atoms with Crippen LogP contribution in [0.4, 0.5) is 0 Å². The number of rotatable bonds is 9. The second kappa shape index (κ2) is 11.8.